The molecule has 0 amide bonds. The Kier molecular flexibility index (Phi) is 8.51. The molecule has 4 aromatic rings. The summed E-state index contributed by atoms with van der Waals surface area (Å²) < 4.78 is 16.4. The minimum Gasteiger partial charge on any atom is -0.382 e. The van der Waals surface area contributed by atoms with E-state index in [0.29, 0.717) is 52.7 Å². The number of Topliss-reactive ketones (excluding diaryl/α,β-unsaturated/α-hetero) is 1. The summed E-state index contributed by atoms with van der Waals surface area (Å²) in [6.45, 7) is 0.287. The number of nitrogens with zero attached hydrogens (tertiary/aromatic N) is 2. The molecule has 2 heterocycles. The average Bonchev–Trinajstić information content (AvgIpc) is 3.77. The normalized spacial score (nSPS) is 12.8. The number of pyridine rings is 2. The van der Waals surface area contributed by atoms with Crippen LogP contribution in [0, 0.1) is 11.2 Å². The van der Waals surface area contributed by atoms with Crippen molar-refractivity contribution in [1.82, 2.24) is 9.55 Å². The molecule has 0 saturated heterocycles. The highest BCUT2D eigenvalue weighted by Gasteiger charge is 2.22. The zero-order valence-corrected chi connectivity index (χ0v) is 22.8. The summed E-state index contributed by atoms with van der Waals surface area (Å²) >= 11 is 6.19. The van der Waals surface area contributed by atoms with E-state index in [2.05, 4.69) is 10.3 Å². The van der Waals surface area contributed by atoms with Crippen LogP contribution in [0.25, 0.3) is 0 Å². The van der Waals surface area contributed by atoms with Crippen LogP contribution in [0.15, 0.2) is 84.0 Å². The number of hydrogen-bond acceptors (Lipinski definition) is 5. The topological polar surface area (TPSA) is 87.8 Å². The Hall–Kier alpha value is -4.10. The van der Waals surface area contributed by atoms with Gasteiger partial charge in [0.2, 0.25) is 0 Å². The zero-order valence-electron chi connectivity index (χ0n) is 22.0. The van der Waals surface area contributed by atoms with Gasteiger partial charge in [0, 0.05) is 71.1 Å². The molecular formula is C32H30ClFN4O2. The monoisotopic (exact) mass is 556 g/mol. The van der Waals surface area contributed by atoms with Crippen LogP contribution in [-0.4, -0.2) is 27.1 Å². The van der Waals surface area contributed by atoms with Crippen LogP contribution >= 0.6 is 11.6 Å². The molecule has 40 heavy (non-hydrogen) atoms. The van der Waals surface area contributed by atoms with Gasteiger partial charge in [-0.05, 0) is 78.8 Å². The maximum absolute atomic E-state index is 14.9. The average molecular weight is 557 g/mol. The molecule has 1 aliphatic carbocycles. The Bertz CT molecular complexity index is 1610. The van der Waals surface area contributed by atoms with E-state index in [1.165, 1.54) is 22.9 Å². The van der Waals surface area contributed by atoms with Crippen molar-refractivity contribution in [3.63, 3.8) is 0 Å². The van der Waals surface area contributed by atoms with Crippen LogP contribution in [0.4, 0.5) is 10.1 Å². The predicted molar refractivity (Wildman–Crippen MR) is 156 cm³/mol. The number of hydrogen-bond donors (Lipinski definition) is 2. The Labute approximate surface area is 237 Å². The number of anilines is 1. The van der Waals surface area contributed by atoms with Crippen molar-refractivity contribution in [3.8, 4) is 0 Å². The van der Waals surface area contributed by atoms with Crippen molar-refractivity contribution in [2.45, 2.75) is 51.1 Å². The minimum absolute atomic E-state index is 0.0614. The van der Waals surface area contributed by atoms with E-state index in [0.717, 1.165) is 29.7 Å². The summed E-state index contributed by atoms with van der Waals surface area (Å²) in [6, 6.07) is 17.6. The number of halogens is 2. The molecule has 204 valence electrons. The first-order valence-corrected chi connectivity index (χ1v) is 13.8. The van der Waals surface area contributed by atoms with Gasteiger partial charge in [-0.15, -0.1) is 0 Å². The van der Waals surface area contributed by atoms with Crippen molar-refractivity contribution in [1.29, 1.82) is 5.41 Å². The van der Waals surface area contributed by atoms with Gasteiger partial charge in [-0.2, -0.15) is 0 Å². The van der Waals surface area contributed by atoms with Crippen LogP contribution in [0.5, 0.6) is 0 Å². The standard InChI is InChI=1S/C32H30ClFN4O2/c33-25-9-12-30(37-26-10-11-26)27(17-25)29(35)4-3-5-31(39)24-15-22(18-36-19-24)14-23-8-7-21(16-28(23)34)20-38-13-2-1-6-32(38)40/h1-2,6-9,12-13,15-19,26,35,37H,3-5,10-11,14,20H2. The lowest BCUT2D eigenvalue weighted by atomic mass is 9.98. The highest BCUT2D eigenvalue weighted by Crippen LogP contribution is 2.29. The molecule has 0 atom stereocenters. The number of carbonyl (C=O) groups excluding carboxylic acids is 1. The second kappa shape index (κ2) is 12.4. The molecule has 0 unspecified atom stereocenters. The maximum Gasteiger partial charge on any atom is 0.250 e. The van der Waals surface area contributed by atoms with Crippen LogP contribution < -0.4 is 10.9 Å². The summed E-state index contributed by atoms with van der Waals surface area (Å²) in [5, 5.41) is 12.6. The molecule has 8 heteroatoms. The van der Waals surface area contributed by atoms with E-state index in [1.807, 2.05) is 12.1 Å². The highest BCUT2D eigenvalue weighted by atomic mass is 35.5. The lowest BCUT2D eigenvalue weighted by molar-refractivity contribution is 0.0980. The summed E-state index contributed by atoms with van der Waals surface area (Å²) in [7, 11) is 0. The van der Waals surface area contributed by atoms with Crippen LogP contribution in [0.3, 0.4) is 0 Å². The summed E-state index contributed by atoms with van der Waals surface area (Å²) in [5.74, 6) is -0.429. The number of aromatic nitrogens is 2. The van der Waals surface area contributed by atoms with E-state index >= 15 is 0 Å². The summed E-state index contributed by atoms with van der Waals surface area (Å²) in [6.07, 6.45) is 8.65. The predicted octanol–water partition coefficient (Wildman–Crippen LogP) is 6.67. The number of carbonyl (C=O) groups is 1. The fourth-order valence-corrected chi connectivity index (χ4v) is 4.79. The van der Waals surface area contributed by atoms with Crippen LogP contribution in [0.1, 0.15) is 64.7 Å². The Morgan fingerprint density at radius 3 is 2.67 bits per heavy atom. The van der Waals surface area contributed by atoms with Crippen molar-refractivity contribution in [3.05, 3.63) is 128 Å². The fraction of sp³-hybridized carbons (Fsp3) is 0.250. The lowest BCUT2D eigenvalue weighted by Crippen LogP contribution is -2.18. The zero-order chi connectivity index (χ0) is 28.1. The third-order valence-electron chi connectivity index (χ3n) is 6.96. The van der Waals surface area contributed by atoms with E-state index in [1.54, 1.807) is 48.8 Å². The molecule has 0 spiro atoms. The van der Waals surface area contributed by atoms with Crippen LogP contribution in [-0.2, 0) is 13.0 Å². The summed E-state index contributed by atoms with van der Waals surface area (Å²) in [5.41, 5.74) is 4.38. The number of rotatable bonds is 12. The molecule has 5 rings (SSSR count). The fourth-order valence-electron chi connectivity index (χ4n) is 4.62. The molecule has 0 radical (unpaired) electrons. The molecule has 2 aromatic heterocycles. The molecule has 2 N–H and O–H groups in total. The van der Waals surface area contributed by atoms with Gasteiger partial charge in [0.05, 0.1) is 6.54 Å². The first-order chi connectivity index (χ1) is 19.4. The molecule has 0 aliphatic heterocycles. The van der Waals surface area contributed by atoms with Gasteiger partial charge < -0.3 is 15.3 Å². The van der Waals surface area contributed by atoms with Crippen molar-refractivity contribution >= 4 is 28.8 Å². The highest BCUT2D eigenvalue weighted by molar-refractivity contribution is 6.31. The van der Waals surface area contributed by atoms with E-state index in [4.69, 9.17) is 17.0 Å². The van der Waals surface area contributed by atoms with Gasteiger partial charge in [-0.3, -0.25) is 14.6 Å². The number of benzene rings is 2. The van der Waals surface area contributed by atoms with E-state index in [-0.39, 0.29) is 30.1 Å². The van der Waals surface area contributed by atoms with E-state index in [9.17, 15) is 14.0 Å². The van der Waals surface area contributed by atoms with Gasteiger partial charge in [-0.1, -0.05) is 29.8 Å². The van der Waals surface area contributed by atoms with E-state index < -0.39 is 0 Å². The third-order valence-corrected chi connectivity index (χ3v) is 7.19. The minimum atomic E-state index is -0.367. The molecule has 1 saturated carbocycles. The van der Waals surface area contributed by atoms with Crippen molar-refractivity contribution < 1.29 is 9.18 Å². The molecule has 1 aliphatic rings. The Morgan fingerprint density at radius 1 is 1.05 bits per heavy atom. The molecule has 0 bridgehead atoms. The van der Waals surface area contributed by atoms with Crippen LogP contribution in [0.2, 0.25) is 5.02 Å². The Balaban J connectivity index is 1.18. The molecule has 6 nitrogen and oxygen atoms in total. The smallest absolute Gasteiger partial charge is 0.250 e. The molecule has 2 aromatic carbocycles. The number of nitrogens with one attached hydrogen (secondary N) is 2. The number of ketones is 1. The van der Waals surface area contributed by atoms with Crippen molar-refractivity contribution in [2.75, 3.05) is 5.32 Å². The molecule has 1 fully saturated rings. The first kappa shape index (κ1) is 27.5. The quantitative estimate of drug-likeness (QED) is 0.151. The second-order valence-corrected chi connectivity index (χ2v) is 10.7. The maximum atomic E-state index is 14.9. The van der Waals surface area contributed by atoms with Gasteiger partial charge in [0.25, 0.3) is 5.56 Å². The third kappa shape index (κ3) is 7.10. The summed E-state index contributed by atoms with van der Waals surface area (Å²) in [4.78, 5) is 29.1. The lowest BCUT2D eigenvalue weighted by Gasteiger charge is -2.13. The van der Waals surface area contributed by atoms with Gasteiger partial charge in [0.15, 0.2) is 5.78 Å². The largest absolute Gasteiger partial charge is 0.382 e. The Morgan fingerprint density at radius 2 is 1.90 bits per heavy atom. The van der Waals surface area contributed by atoms with Gasteiger partial charge in [0.1, 0.15) is 5.82 Å². The van der Waals surface area contributed by atoms with Gasteiger partial charge >= 0.3 is 0 Å². The SMILES string of the molecule is N=C(CCCC(=O)c1cncc(Cc2ccc(Cn3ccccc3=O)cc2F)c1)c1cc(Cl)ccc1NC1CC1. The first-order valence-electron chi connectivity index (χ1n) is 13.4. The van der Waals surface area contributed by atoms with Crippen molar-refractivity contribution in [2.24, 2.45) is 0 Å². The van der Waals surface area contributed by atoms with Gasteiger partial charge in [-0.25, -0.2) is 4.39 Å². The second-order valence-electron chi connectivity index (χ2n) is 10.2. The molecular weight excluding hydrogens is 527 g/mol.